The molecule has 0 aliphatic carbocycles. The SMILES string of the molecule is CCc1ccc(C(=O)Nc2ccccc2C(C)Br)s1. The molecule has 19 heavy (non-hydrogen) atoms. The summed E-state index contributed by atoms with van der Waals surface area (Å²) in [6.45, 7) is 4.14. The summed E-state index contributed by atoms with van der Waals surface area (Å²) in [4.78, 5) is 14.4. The number of anilines is 1. The first-order valence-electron chi connectivity index (χ1n) is 6.25. The number of rotatable bonds is 4. The molecule has 0 aliphatic rings. The van der Waals surface area contributed by atoms with E-state index in [1.54, 1.807) is 11.3 Å². The Labute approximate surface area is 126 Å². The summed E-state index contributed by atoms with van der Waals surface area (Å²) >= 11 is 5.10. The summed E-state index contributed by atoms with van der Waals surface area (Å²) in [7, 11) is 0. The van der Waals surface area contributed by atoms with Crippen molar-refractivity contribution in [3.05, 3.63) is 51.7 Å². The maximum absolute atomic E-state index is 12.2. The van der Waals surface area contributed by atoms with Gasteiger partial charge in [-0.2, -0.15) is 0 Å². The minimum atomic E-state index is -0.0368. The van der Waals surface area contributed by atoms with E-state index >= 15 is 0 Å². The molecule has 1 unspecified atom stereocenters. The zero-order valence-corrected chi connectivity index (χ0v) is 13.3. The van der Waals surface area contributed by atoms with Crippen LogP contribution in [0.15, 0.2) is 36.4 Å². The molecule has 1 atom stereocenters. The van der Waals surface area contributed by atoms with Crippen LogP contribution in [0.5, 0.6) is 0 Å². The molecule has 0 aliphatic heterocycles. The van der Waals surface area contributed by atoms with Gasteiger partial charge in [0.2, 0.25) is 0 Å². The largest absolute Gasteiger partial charge is 0.321 e. The van der Waals surface area contributed by atoms with Crippen LogP contribution in [0.4, 0.5) is 5.69 Å². The van der Waals surface area contributed by atoms with Crippen molar-refractivity contribution in [2.24, 2.45) is 0 Å². The number of aryl methyl sites for hydroxylation is 1. The third-order valence-corrected chi connectivity index (χ3v) is 4.59. The Balaban J connectivity index is 2.19. The maximum atomic E-state index is 12.2. The highest BCUT2D eigenvalue weighted by Gasteiger charge is 2.12. The number of nitrogens with one attached hydrogen (secondary N) is 1. The highest BCUT2D eigenvalue weighted by Crippen LogP contribution is 2.29. The molecular formula is C15H16BrNOS. The Morgan fingerprint density at radius 2 is 2.05 bits per heavy atom. The van der Waals surface area contributed by atoms with Crippen LogP contribution < -0.4 is 5.32 Å². The van der Waals surface area contributed by atoms with Gasteiger partial charge in [0.05, 0.1) is 4.88 Å². The number of alkyl halides is 1. The van der Waals surface area contributed by atoms with Crippen molar-refractivity contribution >= 4 is 38.9 Å². The van der Waals surface area contributed by atoms with Gasteiger partial charge in [0.15, 0.2) is 0 Å². The molecule has 4 heteroatoms. The van der Waals surface area contributed by atoms with E-state index in [9.17, 15) is 4.79 Å². The van der Waals surface area contributed by atoms with Crippen molar-refractivity contribution in [3.63, 3.8) is 0 Å². The first-order valence-corrected chi connectivity index (χ1v) is 7.98. The molecule has 1 N–H and O–H groups in total. The molecule has 0 bridgehead atoms. The number of hydrogen-bond acceptors (Lipinski definition) is 2. The van der Waals surface area contributed by atoms with Gasteiger partial charge in [0.1, 0.15) is 0 Å². The molecule has 0 spiro atoms. The van der Waals surface area contributed by atoms with Crippen LogP contribution in [-0.4, -0.2) is 5.91 Å². The number of carbonyl (C=O) groups excluding carboxylic acids is 1. The van der Waals surface area contributed by atoms with E-state index in [0.717, 1.165) is 22.5 Å². The van der Waals surface area contributed by atoms with E-state index in [-0.39, 0.29) is 10.7 Å². The molecule has 0 saturated carbocycles. The van der Waals surface area contributed by atoms with Crippen LogP contribution in [0.3, 0.4) is 0 Å². The maximum Gasteiger partial charge on any atom is 0.265 e. The van der Waals surface area contributed by atoms with Crippen molar-refractivity contribution in [1.82, 2.24) is 0 Å². The third-order valence-electron chi connectivity index (χ3n) is 2.87. The Bertz CT molecular complexity index is 577. The van der Waals surface area contributed by atoms with Gasteiger partial charge in [-0.3, -0.25) is 4.79 Å². The fourth-order valence-electron chi connectivity index (χ4n) is 1.83. The first kappa shape index (κ1) is 14.3. The van der Waals surface area contributed by atoms with E-state index in [1.807, 2.05) is 43.3 Å². The number of hydrogen-bond donors (Lipinski definition) is 1. The predicted molar refractivity (Wildman–Crippen MR) is 85.4 cm³/mol. The Hall–Kier alpha value is -1.13. The molecule has 2 aromatic rings. The third kappa shape index (κ3) is 3.45. The second-order valence-electron chi connectivity index (χ2n) is 4.28. The summed E-state index contributed by atoms with van der Waals surface area (Å²) in [6, 6.07) is 11.8. The van der Waals surface area contributed by atoms with E-state index in [0.29, 0.717) is 0 Å². The van der Waals surface area contributed by atoms with Gasteiger partial charge in [0, 0.05) is 15.4 Å². The van der Waals surface area contributed by atoms with E-state index in [4.69, 9.17) is 0 Å². The van der Waals surface area contributed by atoms with Crippen LogP contribution >= 0.6 is 27.3 Å². The first-order chi connectivity index (χ1) is 9.11. The average molecular weight is 338 g/mol. The molecular weight excluding hydrogens is 322 g/mol. The van der Waals surface area contributed by atoms with Crippen LogP contribution in [0.25, 0.3) is 0 Å². The van der Waals surface area contributed by atoms with Gasteiger partial charge in [-0.15, -0.1) is 11.3 Å². The van der Waals surface area contributed by atoms with E-state index in [2.05, 4.69) is 28.2 Å². The molecule has 2 nitrogen and oxygen atoms in total. The summed E-state index contributed by atoms with van der Waals surface area (Å²) in [5, 5.41) is 2.99. The number of benzene rings is 1. The summed E-state index contributed by atoms with van der Waals surface area (Å²) in [5.74, 6) is -0.0368. The Kier molecular flexibility index (Phi) is 4.77. The van der Waals surface area contributed by atoms with E-state index in [1.165, 1.54) is 4.88 Å². The average Bonchev–Trinajstić information content (AvgIpc) is 2.88. The molecule has 0 saturated heterocycles. The fraction of sp³-hybridized carbons (Fsp3) is 0.267. The topological polar surface area (TPSA) is 29.1 Å². The molecule has 0 fully saturated rings. The monoisotopic (exact) mass is 337 g/mol. The van der Waals surface area contributed by atoms with Gasteiger partial charge in [0.25, 0.3) is 5.91 Å². The second-order valence-corrected chi connectivity index (χ2v) is 6.82. The van der Waals surface area contributed by atoms with Crippen molar-refractivity contribution in [2.75, 3.05) is 5.32 Å². The van der Waals surface area contributed by atoms with Gasteiger partial charge in [-0.1, -0.05) is 41.1 Å². The minimum absolute atomic E-state index is 0.0368. The van der Waals surface area contributed by atoms with Gasteiger partial charge >= 0.3 is 0 Å². The molecule has 0 radical (unpaired) electrons. The molecule has 1 aromatic heterocycles. The minimum Gasteiger partial charge on any atom is -0.321 e. The van der Waals surface area contributed by atoms with Crippen molar-refractivity contribution in [2.45, 2.75) is 25.1 Å². The molecule has 100 valence electrons. The van der Waals surface area contributed by atoms with Gasteiger partial charge in [-0.05, 0) is 37.1 Å². The number of carbonyl (C=O) groups is 1. The smallest absolute Gasteiger partial charge is 0.265 e. The summed E-state index contributed by atoms with van der Waals surface area (Å²) in [6.07, 6.45) is 0.965. The molecule has 1 aromatic carbocycles. The zero-order valence-electron chi connectivity index (χ0n) is 10.9. The summed E-state index contributed by atoms with van der Waals surface area (Å²) in [5.41, 5.74) is 1.95. The van der Waals surface area contributed by atoms with Gasteiger partial charge < -0.3 is 5.32 Å². The summed E-state index contributed by atoms with van der Waals surface area (Å²) < 4.78 is 0. The number of halogens is 1. The molecule has 1 amide bonds. The molecule has 1 heterocycles. The van der Waals surface area contributed by atoms with Crippen LogP contribution in [0.1, 0.15) is 38.8 Å². The normalized spacial score (nSPS) is 12.2. The van der Waals surface area contributed by atoms with E-state index < -0.39 is 0 Å². The lowest BCUT2D eigenvalue weighted by atomic mass is 10.1. The standard InChI is InChI=1S/C15H16BrNOS/c1-3-11-8-9-14(19-11)15(18)17-13-7-5-4-6-12(13)10(2)16/h4-10H,3H2,1-2H3,(H,17,18). The van der Waals surface area contributed by atoms with Crippen LogP contribution in [-0.2, 0) is 6.42 Å². The van der Waals surface area contributed by atoms with Crippen LogP contribution in [0, 0.1) is 0 Å². The van der Waals surface area contributed by atoms with Crippen LogP contribution in [0.2, 0.25) is 0 Å². The number of amides is 1. The Morgan fingerprint density at radius 3 is 2.68 bits per heavy atom. The fourth-order valence-corrected chi connectivity index (χ4v) is 3.07. The predicted octanol–water partition coefficient (Wildman–Crippen LogP) is 5.02. The highest BCUT2D eigenvalue weighted by molar-refractivity contribution is 9.09. The zero-order chi connectivity index (χ0) is 13.8. The molecule has 2 rings (SSSR count). The second kappa shape index (κ2) is 6.35. The lowest BCUT2D eigenvalue weighted by molar-refractivity contribution is 0.103. The quantitative estimate of drug-likeness (QED) is 0.780. The number of thiophene rings is 1. The number of para-hydroxylation sites is 1. The highest BCUT2D eigenvalue weighted by atomic mass is 79.9. The van der Waals surface area contributed by atoms with Crippen molar-refractivity contribution in [3.8, 4) is 0 Å². The van der Waals surface area contributed by atoms with Crippen molar-refractivity contribution < 1.29 is 4.79 Å². The lowest BCUT2D eigenvalue weighted by Crippen LogP contribution is -2.11. The van der Waals surface area contributed by atoms with Crippen molar-refractivity contribution in [1.29, 1.82) is 0 Å². The Morgan fingerprint density at radius 1 is 1.32 bits per heavy atom. The lowest BCUT2D eigenvalue weighted by Gasteiger charge is -2.12. The van der Waals surface area contributed by atoms with Gasteiger partial charge in [-0.25, -0.2) is 0 Å².